The standard InChI is InChI=1S/C16H15N3O5/c1-10-12(13(20)23-2)16(9-17,11-7-5-4-6-8-11)14(21)19(10)18-15(22)24-3/h4-8H,1-3H3,(H,18,22). The molecule has 1 aliphatic rings. The molecule has 2 rings (SSSR count). The molecule has 1 aliphatic heterocycles. The first-order chi connectivity index (χ1) is 11.4. The van der Waals surface area contributed by atoms with Gasteiger partial charge in [0.1, 0.15) is 0 Å². The van der Waals surface area contributed by atoms with Crippen molar-refractivity contribution in [3.63, 3.8) is 0 Å². The Kier molecular flexibility index (Phi) is 4.55. The van der Waals surface area contributed by atoms with Crippen LogP contribution in [0.15, 0.2) is 41.6 Å². The van der Waals surface area contributed by atoms with E-state index in [1.807, 2.05) is 6.07 Å². The van der Waals surface area contributed by atoms with Crippen LogP contribution in [0.3, 0.4) is 0 Å². The first-order valence-corrected chi connectivity index (χ1v) is 6.89. The molecule has 0 saturated heterocycles. The third kappa shape index (κ3) is 2.36. The molecule has 124 valence electrons. The van der Waals surface area contributed by atoms with E-state index in [4.69, 9.17) is 4.74 Å². The number of nitriles is 1. The maximum Gasteiger partial charge on any atom is 0.426 e. The predicted molar refractivity (Wildman–Crippen MR) is 80.8 cm³/mol. The molecule has 8 nitrogen and oxygen atoms in total. The second-order valence-electron chi connectivity index (χ2n) is 4.92. The summed E-state index contributed by atoms with van der Waals surface area (Å²) >= 11 is 0. The van der Waals surface area contributed by atoms with Crippen molar-refractivity contribution >= 4 is 18.0 Å². The Labute approximate surface area is 138 Å². The molecule has 1 atom stereocenters. The summed E-state index contributed by atoms with van der Waals surface area (Å²) in [5, 5.41) is 10.6. The van der Waals surface area contributed by atoms with E-state index >= 15 is 0 Å². The zero-order valence-corrected chi connectivity index (χ0v) is 13.3. The molecule has 0 radical (unpaired) electrons. The number of esters is 1. The summed E-state index contributed by atoms with van der Waals surface area (Å²) in [6.45, 7) is 1.43. The molecule has 0 spiro atoms. The Bertz CT molecular complexity index is 766. The zero-order valence-electron chi connectivity index (χ0n) is 13.3. The molecule has 1 unspecified atom stereocenters. The number of ether oxygens (including phenoxy) is 2. The summed E-state index contributed by atoms with van der Waals surface area (Å²) in [5.74, 6) is -1.63. The summed E-state index contributed by atoms with van der Waals surface area (Å²) in [7, 11) is 2.28. The number of carbonyl (C=O) groups excluding carboxylic acids is 3. The van der Waals surface area contributed by atoms with Crippen LogP contribution in [0.5, 0.6) is 0 Å². The van der Waals surface area contributed by atoms with E-state index in [0.29, 0.717) is 5.56 Å². The fourth-order valence-electron chi connectivity index (χ4n) is 2.61. The fourth-order valence-corrected chi connectivity index (χ4v) is 2.61. The number of rotatable bonds is 3. The summed E-state index contributed by atoms with van der Waals surface area (Å²) in [6.07, 6.45) is -0.909. The minimum absolute atomic E-state index is 0.0858. The van der Waals surface area contributed by atoms with Crippen molar-refractivity contribution in [2.24, 2.45) is 0 Å². The number of hydrogen-bond donors (Lipinski definition) is 1. The van der Waals surface area contributed by atoms with Gasteiger partial charge in [0.05, 0.1) is 31.6 Å². The van der Waals surface area contributed by atoms with Crippen molar-refractivity contribution in [3.8, 4) is 6.07 Å². The lowest BCUT2D eigenvalue weighted by Crippen LogP contribution is -2.48. The minimum atomic E-state index is -1.92. The maximum atomic E-state index is 12.9. The van der Waals surface area contributed by atoms with E-state index < -0.39 is 23.4 Å². The molecule has 0 saturated carbocycles. The highest BCUT2D eigenvalue weighted by molar-refractivity contribution is 6.11. The van der Waals surface area contributed by atoms with E-state index in [9.17, 15) is 19.6 Å². The molecule has 1 aromatic carbocycles. The molecule has 24 heavy (non-hydrogen) atoms. The van der Waals surface area contributed by atoms with Gasteiger partial charge in [-0.25, -0.2) is 20.0 Å². The molecule has 1 heterocycles. The summed E-state index contributed by atoms with van der Waals surface area (Å²) in [6, 6.07) is 10.0. The zero-order chi connectivity index (χ0) is 17.9. The van der Waals surface area contributed by atoms with Crippen LogP contribution in [0.2, 0.25) is 0 Å². The molecule has 1 aromatic rings. The molecule has 0 fully saturated rings. The lowest BCUT2D eigenvalue weighted by Gasteiger charge is -2.23. The lowest BCUT2D eigenvalue weighted by atomic mass is 9.76. The number of allylic oxidation sites excluding steroid dienone is 1. The molecule has 0 aromatic heterocycles. The molecular weight excluding hydrogens is 314 g/mol. The van der Waals surface area contributed by atoms with Gasteiger partial charge in [-0.1, -0.05) is 30.3 Å². The third-order valence-corrected chi connectivity index (χ3v) is 3.75. The Morgan fingerprint density at radius 2 is 1.83 bits per heavy atom. The smallest absolute Gasteiger partial charge is 0.426 e. The van der Waals surface area contributed by atoms with Crippen molar-refractivity contribution in [1.82, 2.24) is 10.4 Å². The number of benzene rings is 1. The average molecular weight is 329 g/mol. The number of nitrogens with one attached hydrogen (secondary N) is 1. The van der Waals surface area contributed by atoms with Crippen molar-refractivity contribution in [2.75, 3.05) is 14.2 Å². The number of hydrazine groups is 1. The van der Waals surface area contributed by atoms with Gasteiger partial charge in [-0.2, -0.15) is 5.26 Å². The van der Waals surface area contributed by atoms with Crippen molar-refractivity contribution in [3.05, 3.63) is 47.2 Å². The Hall–Kier alpha value is -3.34. The number of methoxy groups -OCH3 is 2. The highest BCUT2D eigenvalue weighted by Gasteiger charge is 2.57. The van der Waals surface area contributed by atoms with Crippen LogP contribution < -0.4 is 5.43 Å². The fraction of sp³-hybridized carbons (Fsp3) is 0.250. The first kappa shape index (κ1) is 17.0. The topological polar surface area (TPSA) is 109 Å². The second-order valence-corrected chi connectivity index (χ2v) is 4.92. The highest BCUT2D eigenvalue weighted by atomic mass is 16.5. The molecule has 0 bridgehead atoms. The van der Waals surface area contributed by atoms with Crippen molar-refractivity contribution < 1.29 is 23.9 Å². The van der Waals surface area contributed by atoms with E-state index in [-0.39, 0.29) is 11.3 Å². The lowest BCUT2D eigenvalue weighted by molar-refractivity contribution is -0.138. The number of carbonyl (C=O) groups is 3. The summed E-state index contributed by atoms with van der Waals surface area (Å²) in [5.41, 5.74) is 0.515. The second kappa shape index (κ2) is 6.42. The van der Waals surface area contributed by atoms with Gasteiger partial charge in [-0.15, -0.1) is 0 Å². The van der Waals surface area contributed by atoms with Crippen LogP contribution in [0, 0.1) is 11.3 Å². The Morgan fingerprint density at radius 1 is 1.21 bits per heavy atom. The van der Waals surface area contributed by atoms with E-state index in [1.54, 1.807) is 30.3 Å². The predicted octanol–water partition coefficient (Wildman–Crippen LogP) is 1.01. The van der Waals surface area contributed by atoms with Gasteiger partial charge in [0, 0.05) is 0 Å². The van der Waals surface area contributed by atoms with Gasteiger partial charge in [-0.05, 0) is 12.5 Å². The van der Waals surface area contributed by atoms with Gasteiger partial charge in [0.15, 0.2) is 5.41 Å². The third-order valence-electron chi connectivity index (χ3n) is 3.75. The monoisotopic (exact) mass is 329 g/mol. The van der Waals surface area contributed by atoms with Crippen LogP contribution in [0.1, 0.15) is 12.5 Å². The molecule has 0 aliphatic carbocycles. The Morgan fingerprint density at radius 3 is 2.33 bits per heavy atom. The molecule has 1 N–H and O–H groups in total. The normalized spacial score (nSPS) is 19.8. The van der Waals surface area contributed by atoms with Crippen LogP contribution in [0.4, 0.5) is 4.79 Å². The summed E-state index contributed by atoms with van der Waals surface area (Å²) < 4.78 is 9.21. The molecule has 8 heteroatoms. The van der Waals surface area contributed by atoms with Gasteiger partial charge >= 0.3 is 12.1 Å². The number of hydrogen-bond acceptors (Lipinski definition) is 6. The van der Waals surface area contributed by atoms with Crippen molar-refractivity contribution in [2.45, 2.75) is 12.3 Å². The van der Waals surface area contributed by atoms with Gasteiger partial charge < -0.3 is 9.47 Å². The highest BCUT2D eigenvalue weighted by Crippen LogP contribution is 2.42. The maximum absolute atomic E-state index is 12.9. The Balaban J connectivity index is 2.69. The largest absolute Gasteiger partial charge is 0.466 e. The minimum Gasteiger partial charge on any atom is -0.466 e. The quantitative estimate of drug-likeness (QED) is 0.829. The van der Waals surface area contributed by atoms with Crippen LogP contribution in [-0.2, 0) is 24.5 Å². The average Bonchev–Trinajstić information content (AvgIpc) is 2.83. The number of nitrogens with zero attached hydrogens (tertiary/aromatic N) is 2. The van der Waals surface area contributed by atoms with Crippen LogP contribution >= 0.6 is 0 Å². The van der Waals surface area contributed by atoms with Gasteiger partial charge in [-0.3, -0.25) is 4.79 Å². The number of amides is 2. The summed E-state index contributed by atoms with van der Waals surface area (Å²) in [4.78, 5) is 36.7. The SMILES string of the molecule is COC(=O)NN1C(=O)C(C#N)(c2ccccc2)C(C(=O)OC)=C1C. The molecule has 2 amide bonds. The molecular formula is C16H15N3O5. The van der Waals surface area contributed by atoms with E-state index in [1.165, 1.54) is 6.92 Å². The van der Waals surface area contributed by atoms with Crippen LogP contribution in [0.25, 0.3) is 0 Å². The van der Waals surface area contributed by atoms with E-state index in [0.717, 1.165) is 19.2 Å². The van der Waals surface area contributed by atoms with Gasteiger partial charge in [0.25, 0.3) is 5.91 Å². The van der Waals surface area contributed by atoms with Crippen molar-refractivity contribution in [1.29, 1.82) is 5.26 Å². The van der Waals surface area contributed by atoms with Crippen LogP contribution in [-0.4, -0.2) is 37.2 Å². The first-order valence-electron chi connectivity index (χ1n) is 6.89. The van der Waals surface area contributed by atoms with Gasteiger partial charge in [0.2, 0.25) is 0 Å². The van der Waals surface area contributed by atoms with E-state index in [2.05, 4.69) is 10.2 Å².